The van der Waals surface area contributed by atoms with Gasteiger partial charge in [0.1, 0.15) is 5.01 Å². The molecule has 4 rings (SSSR count). The van der Waals surface area contributed by atoms with Crippen LogP contribution in [0.4, 0.5) is 11.4 Å². The summed E-state index contributed by atoms with van der Waals surface area (Å²) in [5.41, 5.74) is 2.06. The van der Waals surface area contributed by atoms with Crippen molar-refractivity contribution < 1.29 is 9.72 Å². The van der Waals surface area contributed by atoms with Crippen LogP contribution in [0.2, 0.25) is 5.02 Å². The molecule has 0 saturated carbocycles. The van der Waals surface area contributed by atoms with Gasteiger partial charge in [0.2, 0.25) is 0 Å². The fourth-order valence-electron chi connectivity index (χ4n) is 2.84. The van der Waals surface area contributed by atoms with Crippen LogP contribution in [0.25, 0.3) is 20.8 Å². The molecule has 4 aromatic rings. The molecule has 6 nitrogen and oxygen atoms in total. The summed E-state index contributed by atoms with van der Waals surface area (Å²) in [6.45, 7) is 0. The number of halogens is 3. The quantitative estimate of drug-likeness (QED) is 0.207. The van der Waals surface area contributed by atoms with Crippen LogP contribution < -0.4 is 5.32 Å². The first-order chi connectivity index (χ1) is 14.3. The first-order valence-corrected chi connectivity index (χ1v) is 11.2. The van der Waals surface area contributed by atoms with Crippen molar-refractivity contribution in [2.75, 3.05) is 5.32 Å². The zero-order chi connectivity index (χ0) is 21.4. The van der Waals surface area contributed by atoms with Gasteiger partial charge in [0.05, 0.1) is 31.4 Å². The zero-order valence-corrected chi connectivity index (χ0v) is 19.6. The minimum atomic E-state index is -0.565. The fourth-order valence-corrected chi connectivity index (χ4v) is 5.41. The van der Waals surface area contributed by atoms with Crippen molar-refractivity contribution in [3.05, 3.63) is 84.2 Å². The van der Waals surface area contributed by atoms with Gasteiger partial charge in [0.25, 0.3) is 11.6 Å². The Hall–Kier alpha value is -2.33. The highest BCUT2D eigenvalue weighted by Gasteiger charge is 2.20. The molecule has 0 aliphatic heterocycles. The molecule has 0 atom stereocenters. The summed E-state index contributed by atoms with van der Waals surface area (Å²) in [6, 6.07) is 15.2. The molecular weight excluding hydrogens is 558 g/mol. The summed E-state index contributed by atoms with van der Waals surface area (Å²) >= 11 is 14.6. The molecule has 0 saturated heterocycles. The topological polar surface area (TPSA) is 85.1 Å². The first-order valence-electron chi connectivity index (χ1n) is 8.44. The number of carbonyl (C=O) groups excluding carboxylic acids is 1. The molecule has 0 aliphatic carbocycles. The molecule has 30 heavy (non-hydrogen) atoms. The van der Waals surface area contributed by atoms with E-state index in [1.165, 1.54) is 23.5 Å². The molecule has 0 radical (unpaired) electrons. The number of hydrogen-bond donors (Lipinski definition) is 1. The molecule has 3 aromatic carbocycles. The number of nitro groups is 1. The Labute approximate surface area is 196 Å². The zero-order valence-electron chi connectivity index (χ0n) is 14.9. The number of nitrogens with zero attached hydrogens (tertiary/aromatic N) is 2. The van der Waals surface area contributed by atoms with Gasteiger partial charge in [0, 0.05) is 26.6 Å². The third-order valence-electron chi connectivity index (χ3n) is 4.23. The van der Waals surface area contributed by atoms with Crippen LogP contribution in [0, 0.1) is 10.1 Å². The van der Waals surface area contributed by atoms with Crippen LogP contribution in [-0.4, -0.2) is 15.8 Å². The fraction of sp³-hybridized carbons (Fsp3) is 0. The predicted molar refractivity (Wildman–Crippen MR) is 127 cm³/mol. The average Bonchev–Trinajstić information content (AvgIpc) is 3.13. The molecule has 1 N–H and O–H groups in total. The highest BCUT2D eigenvalue weighted by Crippen LogP contribution is 2.41. The summed E-state index contributed by atoms with van der Waals surface area (Å²) in [4.78, 5) is 27.9. The van der Waals surface area contributed by atoms with Crippen LogP contribution in [-0.2, 0) is 0 Å². The van der Waals surface area contributed by atoms with E-state index in [2.05, 4.69) is 42.2 Å². The number of nitro benzene ring substituents is 1. The minimum Gasteiger partial charge on any atom is -0.320 e. The van der Waals surface area contributed by atoms with E-state index in [9.17, 15) is 14.9 Å². The molecule has 1 aromatic heterocycles. The number of amides is 1. The number of carbonyl (C=O) groups is 1. The summed E-state index contributed by atoms with van der Waals surface area (Å²) in [7, 11) is 0. The van der Waals surface area contributed by atoms with Gasteiger partial charge >= 0.3 is 0 Å². The van der Waals surface area contributed by atoms with Gasteiger partial charge in [0.15, 0.2) is 0 Å². The summed E-state index contributed by atoms with van der Waals surface area (Å²) < 4.78 is 2.49. The lowest BCUT2D eigenvalue weighted by atomic mass is 10.1. The predicted octanol–water partition coefficient (Wildman–Crippen LogP) is 7.30. The maximum absolute atomic E-state index is 12.9. The van der Waals surface area contributed by atoms with E-state index in [1.54, 1.807) is 0 Å². The second kappa shape index (κ2) is 8.43. The molecule has 150 valence electrons. The van der Waals surface area contributed by atoms with Crippen LogP contribution in [0.3, 0.4) is 0 Å². The summed E-state index contributed by atoms with van der Waals surface area (Å²) in [5.74, 6) is -0.486. The van der Waals surface area contributed by atoms with E-state index < -0.39 is 10.8 Å². The lowest BCUT2D eigenvalue weighted by molar-refractivity contribution is -0.384. The van der Waals surface area contributed by atoms with Crippen LogP contribution >= 0.6 is 54.8 Å². The molecule has 0 spiro atoms. The van der Waals surface area contributed by atoms with Crippen LogP contribution in [0.1, 0.15) is 10.4 Å². The van der Waals surface area contributed by atoms with Gasteiger partial charge in [-0.15, -0.1) is 11.3 Å². The minimum absolute atomic E-state index is 0.00327. The number of nitrogens with one attached hydrogen (secondary N) is 1. The third kappa shape index (κ3) is 4.11. The Morgan fingerprint density at radius 2 is 1.90 bits per heavy atom. The Morgan fingerprint density at radius 3 is 2.60 bits per heavy atom. The monoisotopic (exact) mass is 565 g/mol. The Kier molecular flexibility index (Phi) is 5.88. The second-order valence-corrected chi connectivity index (χ2v) is 9.38. The maximum Gasteiger partial charge on any atom is 0.270 e. The van der Waals surface area contributed by atoms with Gasteiger partial charge in [-0.25, -0.2) is 4.98 Å². The molecule has 0 unspecified atom stereocenters. The van der Waals surface area contributed by atoms with Gasteiger partial charge in [-0.2, -0.15) is 0 Å². The molecular formula is C20H10Br2ClN3O3S. The summed E-state index contributed by atoms with van der Waals surface area (Å²) in [6.07, 6.45) is 0. The van der Waals surface area contributed by atoms with Crippen molar-refractivity contribution in [2.24, 2.45) is 0 Å². The van der Waals surface area contributed by atoms with Gasteiger partial charge < -0.3 is 5.32 Å². The van der Waals surface area contributed by atoms with E-state index in [0.29, 0.717) is 10.2 Å². The largest absolute Gasteiger partial charge is 0.320 e. The molecule has 0 bridgehead atoms. The number of fused-ring (bicyclic) bond motifs is 1. The van der Waals surface area contributed by atoms with Crippen molar-refractivity contribution in [2.45, 2.75) is 0 Å². The SMILES string of the molecule is O=C(Nc1c(Br)cc(Br)cc1-c1nc2ccccc2s1)c1ccc([N+](=O)[O-])cc1Cl. The van der Waals surface area contributed by atoms with E-state index >= 15 is 0 Å². The van der Waals surface area contributed by atoms with Crippen molar-refractivity contribution >= 4 is 82.3 Å². The lowest BCUT2D eigenvalue weighted by Gasteiger charge is -2.13. The molecule has 0 aliphatic rings. The van der Waals surface area contributed by atoms with Crippen molar-refractivity contribution in [3.63, 3.8) is 0 Å². The number of non-ortho nitro benzene ring substituents is 1. The number of thiazole rings is 1. The number of benzene rings is 3. The smallest absolute Gasteiger partial charge is 0.270 e. The second-order valence-electron chi connectivity index (χ2n) is 6.17. The molecule has 10 heteroatoms. The molecule has 1 heterocycles. The van der Waals surface area contributed by atoms with Crippen LogP contribution in [0.5, 0.6) is 0 Å². The molecule has 0 fully saturated rings. The number of rotatable bonds is 4. The van der Waals surface area contributed by atoms with Crippen molar-refractivity contribution in [1.82, 2.24) is 4.98 Å². The Balaban J connectivity index is 1.76. The number of para-hydroxylation sites is 1. The maximum atomic E-state index is 12.9. The third-order valence-corrected chi connectivity index (χ3v) is 6.69. The average molecular weight is 568 g/mol. The van der Waals surface area contributed by atoms with E-state index in [1.807, 2.05) is 36.4 Å². The van der Waals surface area contributed by atoms with E-state index in [-0.39, 0.29) is 16.3 Å². The number of aromatic nitrogens is 1. The van der Waals surface area contributed by atoms with Gasteiger partial charge in [-0.3, -0.25) is 14.9 Å². The molecule has 1 amide bonds. The lowest BCUT2D eigenvalue weighted by Crippen LogP contribution is -2.14. The summed E-state index contributed by atoms with van der Waals surface area (Å²) in [5, 5.41) is 14.5. The highest BCUT2D eigenvalue weighted by molar-refractivity contribution is 9.11. The van der Waals surface area contributed by atoms with Crippen molar-refractivity contribution in [1.29, 1.82) is 0 Å². The Morgan fingerprint density at radius 1 is 1.13 bits per heavy atom. The normalized spacial score (nSPS) is 10.9. The highest BCUT2D eigenvalue weighted by atomic mass is 79.9. The van der Waals surface area contributed by atoms with E-state index in [0.717, 1.165) is 31.3 Å². The van der Waals surface area contributed by atoms with Crippen molar-refractivity contribution in [3.8, 4) is 10.6 Å². The van der Waals surface area contributed by atoms with E-state index in [4.69, 9.17) is 11.6 Å². The van der Waals surface area contributed by atoms with Gasteiger partial charge in [-0.05, 0) is 46.3 Å². The first kappa shape index (κ1) is 20.9. The van der Waals surface area contributed by atoms with Crippen LogP contribution in [0.15, 0.2) is 63.5 Å². The number of hydrogen-bond acceptors (Lipinski definition) is 5. The number of anilines is 1. The Bertz CT molecular complexity index is 1290. The standard InChI is InChI=1S/C20H10Br2ClN3O3S/c21-10-7-13(20-24-16-3-1-2-4-17(16)30-20)18(14(22)8-10)25-19(27)12-6-5-11(26(28)29)9-15(12)23/h1-9H,(H,25,27). The van der Waals surface area contributed by atoms with Gasteiger partial charge in [-0.1, -0.05) is 39.7 Å².